The average molecular weight is 223 g/mol. The van der Waals surface area contributed by atoms with Crippen LogP contribution in [0.4, 0.5) is 0 Å². The first-order valence-corrected chi connectivity index (χ1v) is 5.91. The fourth-order valence-electron chi connectivity index (χ4n) is 2.09. The third-order valence-electron chi connectivity index (χ3n) is 2.77. The molecule has 0 spiro atoms. The first-order valence-electron chi connectivity index (χ1n) is 5.91. The highest BCUT2D eigenvalue weighted by Crippen LogP contribution is 2.24. The lowest BCUT2D eigenvalue weighted by atomic mass is 9.87. The molecule has 0 fully saturated rings. The highest BCUT2D eigenvalue weighted by atomic mass is 14.2. The van der Waals surface area contributed by atoms with Crippen LogP contribution in [0.1, 0.15) is 31.9 Å². The highest BCUT2D eigenvalue weighted by molar-refractivity contribution is 5.84. The van der Waals surface area contributed by atoms with Gasteiger partial charge in [-0.3, -0.25) is 0 Å². The molecule has 0 radical (unpaired) electrons. The third kappa shape index (κ3) is 2.85. The van der Waals surface area contributed by atoms with E-state index in [0.29, 0.717) is 5.41 Å². The van der Waals surface area contributed by atoms with Crippen LogP contribution in [-0.4, -0.2) is 0 Å². The van der Waals surface area contributed by atoms with Gasteiger partial charge in [-0.25, -0.2) is 0 Å². The second kappa shape index (κ2) is 4.22. The summed E-state index contributed by atoms with van der Waals surface area (Å²) in [6.45, 7) is 6.72. The van der Waals surface area contributed by atoms with E-state index in [9.17, 15) is 0 Å². The maximum atomic E-state index is 8.90. The average Bonchev–Trinajstić information content (AvgIpc) is 2.26. The Morgan fingerprint density at radius 3 is 2.35 bits per heavy atom. The zero-order chi connectivity index (χ0) is 12.5. The van der Waals surface area contributed by atoms with Crippen LogP contribution in [0, 0.1) is 16.7 Å². The van der Waals surface area contributed by atoms with Gasteiger partial charge in [0.2, 0.25) is 0 Å². The third-order valence-corrected chi connectivity index (χ3v) is 2.77. The lowest BCUT2D eigenvalue weighted by Crippen LogP contribution is -2.08. The monoisotopic (exact) mass is 223 g/mol. The van der Waals surface area contributed by atoms with Gasteiger partial charge < -0.3 is 0 Å². The molecule has 0 N–H and O–H groups in total. The Morgan fingerprint density at radius 1 is 1.00 bits per heavy atom. The minimum atomic E-state index is 0.292. The number of nitriles is 1. The van der Waals surface area contributed by atoms with Crippen molar-refractivity contribution in [1.29, 1.82) is 5.26 Å². The van der Waals surface area contributed by atoms with Gasteiger partial charge in [-0.1, -0.05) is 45.0 Å². The van der Waals surface area contributed by atoms with Gasteiger partial charge in [-0.05, 0) is 40.3 Å². The van der Waals surface area contributed by atoms with Gasteiger partial charge >= 0.3 is 0 Å². The van der Waals surface area contributed by atoms with Crippen molar-refractivity contribution >= 4 is 10.8 Å². The largest absolute Gasteiger partial charge is 0.192 e. The fourth-order valence-corrected chi connectivity index (χ4v) is 2.09. The molecular weight excluding hydrogens is 206 g/mol. The van der Waals surface area contributed by atoms with Crippen molar-refractivity contribution in [3.05, 3.63) is 47.5 Å². The molecule has 1 nitrogen and oxygen atoms in total. The normalized spacial score (nSPS) is 11.4. The van der Waals surface area contributed by atoms with Crippen molar-refractivity contribution < 1.29 is 0 Å². The Morgan fingerprint density at radius 2 is 1.71 bits per heavy atom. The predicted octanol–water partition coefficient (Wildman–Crippen LogP) is 4.30. The van der Waals surface area contributed by atoms with Crippen LogP contribution in [-0.2, 0) is 6.42 Å². The lowest BCUT2D eigenvalue weighted by molar-refractivity contribution is 0.411. The predicted molar refractivity (Wildman–Crippen MR) is 71.8 cm³/mol. The summed E-state index contributed by atoms with van der Waals surface area (Å²) in [5.41, 5.74) is 2.35. The SMILES string of the molecule is CC(C)(C)Cc1ccc2ccc(C#N)cc2c1. The molecule has 0 aromatic heterocycles. The topological polar surface area (TPSA) is 23.8 Å². The molecule has 0 heterocycles. The Balaban J connectivity index is 2.45. The van der Waals surface area contributed by atoms with Crippen molar-refractivity contribution in [2.24, 2.45) is 5.41 Å². The van der Waals surface area contributed by atoms with Gasteiger partial charge in [-0.15, -0.1) is 0 Å². The molecule has 0 aliphatic heterocycles. The number of hydrogen-bond acceptors (Lipinski definition) is 1. The molecule has 0 saturated heterocycles. The fraction of sp³-hybridized carbons (Fsp3) is 0.312. The van der Waals surface area contributed by atoms with Crippen LogP contribution < -0.4 is 0 Å². The van der Waals surface area contributed by atoms with E-state index in [4.69, 9.17) is 5.26 Å². The molecule has 2 aromatic carbocycles. The number of benzene rings is 2. The summed E-state index contributed by atoms with van der Waals surface area (Å²) in [7, 11) is 0. The summed E-state index contributed by atoms with van der Waals surface area (Å²) in [5, 5.41) is 11.3. The van der Waals surface area contributed by atoms with Crippen LogP contribution in [0.15, 0.2) is 36.4 Å². The van der Waals surface area contributed by atoms with E-state index in [1.54, 1.807) is 0 Å². The van der Waals surface area contributed by atoms with E-state index in [-0.39, 0.29) is 0 Å². The minimum absolute atomic E-state index is 0.292. The second-order valence-corrected chi connectivity index (χ2v) is 5.75. The van der Waals surface area contributed by atoms with E-state index >= 15 is 0 Å². The first kappa shape index (κ1) is 11.7. The van der Waals surface area contributed by atoms with Gasteiger partial charge in [0, 0.05) is 0 Å². The summed E-state index contributed by atoms with van der Waals surface area (Å²) in [6.07, 6.45) is 1.06. The molecule has 86 valence electrons. The Kier molecular flexibility index (Phi) is 2.90. The number of hydrogen-bond donors (Lipinski definition) is 0. The molecule has 0 unspecified atom stereocenters. The van der Waals surface area contributed by atoms with Crippen LogP contribution in [0.25, 0.3) is 10.8 Å². The van der Waals surface area contributed by atoms with Crippen molar-refractivity contribution in [1.82, 2.24) is 0 Å². The summed E-state index contributed by atoms with van der Waals surface area (Å²) in [4.78, 5) is 0. The van der Waals surface area contributed by atoms with Crippen LogP contribution in [0.3, 0.4) is 0 Å². The van der Waals surface area contributed by atoms with E-state index in [1.165, 1.54) is 10.9 Å². The van der Waals surface area contributed by atoms with Gasteiger partial charge in [0.25, 0.3) is 0 Å². The molecule has 17 heavy (non-hydrogen) atoms. The van der Waals surface area contributed by atoms with E-state index in [1.807, 2.05) is 18.2 Å². The molecule has 0 aliphatic rings. The molecule has 2 rings (SSSR count). The van der Waals surface area contributed by atoms with Crippen molar-refractivity contribution in [2.45, 2.75) is 27.2 Å². The van der Waals surface area contributed by atoms with E-state index in [0.717, 1.165) is 17.4 Å². The molecule has 0 atom stereocenters. The second-order valence-electron chi connectivity index (χ2n) is 5.75. The lowest BCUT2D eigenvalue weighted by Gasteiger charge is -2.18. The van der Waals surface area contributed by atoms with Crippen molar-refractivity contribution in [3.63, 3.8) is 0 Å². The molecule has 2 aromatic rings. The molecule has 0 aliphatic carbocycles. The van der Waals surface area contributed by atoms with Crippen molar-refractivity contribution in [3.8, 4) is 6.07 Å². The maximum Gasteiger partial charge on any atom is 0.0991 e. The zero-order valence-electron chi connectivity index (χ0n) is 10.6. The Bertz CT molecular complexity index is 582. The van der Waals surface area contributed by atoms with E-state index in [2.05, 4.69) is 45.0 Å². The van der Waals surface area contributed by atoms with Gasteiger partial charge in [0.05, 0.1) is 11.6 Å². The maximum absolute atomic E-state index is 8.90. The van der Waals surface area contributed by atoms with Gasteiger partial charge in [-0.2, -0.15) is 5.26 Å². The molecule has 0 amide bonds. The molecular formula is C16H17N. The molecule has 1 heteroatoms. The summed E-state index contributed by atoms with van der Waals surface area (Å²) in [5.74, 6) is 0. The summed E-state index contributed by atoms with van der Waals surface area (Å²) in [6, 6.07) is 14.5. The van der Waals surface area contributed by atoms with Gasteiger partial charge in [0.1, 0.15) is 0 Å². The van der Waals surface area contributed by atoms with E-state index < -0.39 is 0 Å². The number of fused-ring (bicyclic) bond motifs is 1. The molecule has 0 saturated carbocycles. The minimum Gasteiger partial charge on any atom is -0.192 e. The molecule has 0 bridgehead atoms. The summed E-state index contributed by atoms with van der Waals surface area (Å²) < 4.78 is 0. The standard InChI is InChI=1S/C16H17N/c1-16(2,3)10-12-4-6-14-7-5-13(11-17)9-15(14)8-12/h4-9H,10H2,1-3H3. The summed E-state index contributed by atoms with van der Waals surface area (Å²) >= 11 is 0. The Hall–Kier alpha value is -1.81. The van der Waals surface area contributed by atoms with Crippen LogP contribution >= 0.6 is 0 Å². The smallest absolute Gasteiger partial charge is 0.0991 e. The number of rotatable bonds is 1. The van der Waals surface area contributed by atoms with Crippen LogP contribution in [0.5, 0.6) is 0 Å². The number of nitrogens with zero attached hydrogens (tertiary/aromatic N) is 1. The Labute approximate surface area is 103 Å². The zero-order valence-corrected chi connectivity index (χ0v) is 10.6. The van der Waals surface area contributed by atoms with Gasteiger partial charge in [0.15, 0.2) is 0 Å². The van der Waals surface area contributed by atoms with Crippen molar-refractivity contribution in [2.75, 3.05) is 0 Å². The highest BCUT2D eigenvalue weighted by Gasteiger charge is 2.11. The quantitative estimate of drug-likeness (QED) is 0.707. The first-order chi connectivity index (χ1) is 7.98. The van der Waals surface area contributed by atoms with Crippen LogP contribution in [0.2, 0.25) is 0 Å².